The van der Waals surface area contributed by atoms with E-state index in [1.165, 1.54) is 25.2 Å². The van der Waals surface area contributed by atoms with Gasteiger partial charge in [-0.05, 0) is 23.8 Å². The minimum atomic E-state index is -3.05. The first kappa shape index (κ1) is 20.5. The van der Waals surface area contributed by atoms with Crippen LogP contribution in [-0.2, 0) is 11.3 Å². The first-order valence-corrected chi connectivity index (χ1v) is 9.03. The highest BCUT2D eigenvalue weighted by Crippen LogP contribution is 2.31. The number of amides is 1. The summed E-state index contributed by atoms with van der Waals surface area (Å²) in [6, 6.07) is 11.3. The molecule has 2 aromatic carbocycles. The molecular formula is C20H21F3N4O2. The number of para-hydroxylation sites is 1. The second-order valence-corrected chi connectivity index (χ2v) is 6.44. The Labute approximate surface area is 166 Å². The number of rotatable bonds is 6. The Morgan fingerprint density at radius 2 is 2.03 bits per heavy atom. The third kappa shape index (κ3) is 5.18. The Bertz CT molecular complexity index is 905. The highest BCUT2D eigenvalue weighted by atomic mass is 19.3. The van der Waals surface area contributed by atoms with Crippen LogP contribution < -0.4 is 20.7 Å². The van der Waals surface area contributed by atoms with Crippen LogP contribution in [0.3, 0.4) is 0 Å². The molecule has 2 aromatic rings. The van der Waals surface area contributed by atoms with Crippen molar-refractivity contribution in [2.75, 3.05) is 18.9 Å². The van der Waals surface area contributed by atoms with Crippen molar-refractivity contribution in [2.24, 2.45) is 4.99 Å². The molecule has 0 radical (unpaired) electrons. The van der Waals surface area contributed by atoms with Gasteiger partial charge in [-0.1, -0.05) is 24.3 Å². The predicted octanol–water partition coefficient (Wildman–Crippen LogP) is 3.22. The Hall–Kier alpha value is -3.23. The number of hydrogen-bond acceptors (Lipinski definition) is 3. The summed E-state index contributed by atoms with van der Waals surface area (Å²) in [5.41, 5.74) is 1.76. The summed E-state index contributed by atoms with van der Waals surface area (Å²) < 4.78 is 43.5. The van der Waals surface area contributed by atoms with Gasteiger partial charge in [0, 0.05) is 43.7 Å². The van der Waals surface area contributed by atoms with E-state index in [1.807, 2.05) is 24.3 Å². The number of ether oxygens (including phenoxy) is 1. The van der Waals surface area contributed by atoms with E-state index < -0.39 is 12.4 Å². The number of guanidine groups is 1. The maximum Gasteiger partial charge on any atom is 0.387 e. The molecule has 0 fully saturated rings. The first-order valence-electron chi connectivity index (χ1n) is 9.03. The van der Waals surface area contributed by atoms with Gasteiger partial charge in [0.15, 0.2) is 5.96 Å². The summed E-state index contributed by atoms with van der Waals surface area (Å²) in [5, 5.41) is 8.82. The standard InChI is InChI=1S/C20H21F3N4O2/c1-24-20(26-11-14-15(21)6-4-8-17(14)29-19(22)23)25-10-12-9-18(28)27-16-7-3-2-5-13(12)16/h2-8,12,19H,9-11H2,1H3,(H,27,28)(H2,24,25,26). The molecule has 1 unspecified atom stereocenters. The van der Waals surface area contributed by atoms with Gasteiger partial charge < -0.3 is 20.7 Å². The van der Waals surface area contributed by atoms with Gasteiger partial charge in [0.1, 0.15) is 11.6 Å². The molecule has 1 amide bonds. The van der Waals surface area contributed by atoms with Crippen molar-refractivity contribution >= 4 is 17.6 Å². The van der Waals surface area contributed by atoms with E-state index in [1.54, 1.807) is 0 Å². The molecule has 3 rings (SSSR count). The van der Waals surface area contributed by atoms with Crippen LogP contribution in [0.1, 0.15) is 23.5 Å². The molecule has 1 aliphatic heterocycles. The summed E-state index contributed by atoms with van der Waals surface area (Å²) >= 11 is 0. The zero-order valence-electron chi connectivity index (χ0n) is 15.7. The molecule has 0 bridgehead atoms. The topological polar surface area (TPSA) is 74.8 Å². The maximum absolute atomic E-state index is 14.1. The summed E-state index contributed by atoms with van der Waals surface area (Å²) in [6.45, 7) is -2.73. The normalized spacial score (nSPS) is 16.2. The summed E-state index contributed by atoms with van der Waals surface area (Å²) in [4.78, 5) is 16.0. The van der Waals surface area contributed by atoms with Gasteiger partial charge in [0.25, 0.3) is 0 Å². The number of carbonyl (C=O) groups is 1. The molecule has 0 spiro atoms. The SMILES string of the molecule is CN=C(NCc1c(F)cccc1OC(F)F)NCC1CC(=O)Nc2ccccc21. The molecule has 0 saturated carbocycles. The lowest BCUT2D eigenvalue weighted by Crippen LogP contribution is -2.40. The van der Waals surface area contributed by atoms with Gasteiger partial charge >= 0.3 is 6.61 Å². The van der Waals surface area contributed by atoms with Crippen LogP contribution in [-0.4, -0.2) is 32.1 Å². The van der Waals surface area contributed by atoms with E-state index in [4.69, 9.17) is 0 Å². The van der Waals surface area contributed by atoms with Crippen LogP contribution in [0.4, 0.5) is 18.9 Å². The highest BCUT2D eigenvalue weighted by molar-refractivity contribution is 5.94. The molecule has 0 aliphatic carbocycles. The Balaban J connectivity index is 1.64. The van der Waals surface area contributed by atoms with Gasteiger partial charge in [-0.3, -0.25) is 9.79 Å². The third-order valence-corrected chi connectivity index (χ3v) is 4.57. The average molecular weight is 406 g/mol. The Morgan fingerprint density at radius 1 is 1.24 bits per heavy atom. The molecule has 154 valence electrons. The largest absolute Gasteiger partial charge is 0.434 e. The zero-order valence-corrected chi connectivity index (χ0v) is 15.7. The van der Waals surface area contributed by atoms with E-state index in [2.05, 4.69) is 25.7 Å². The van der Waals surface area contributed by atoms with Gasteiger partial charge in [-0.15, -0.1) is 0 Å². The molecule has 1 heterocycles. The van der Waals surface area contributed by atoms with Gasteiger partial charge in [0.05, 0.1) is 0 Å². The number of carbonyl (C=O) groups excluding carboxylic acids is 1. The van der Waals surface area contributed by atoms with E-state index >= 15 is 0 Å². The maximum atomic E-state index is 14.1. The fraction of sp³-hybridized carbons (Fsp3) is 0.300. The second-order valence-electron chi connectivity index (χ2n) is 6.44. The lowest BCUT2D eigenvalue weighted by Gasteiger charge is -2.26. The molecule has 9 heteroatoms. The van der Waals surface area contributed by atoms with Crippen LogP contribution >= 0.6 is 0 Å². The summed E-state index contributed by atoms with van der Waals surface area (Å²) in [5.74, 6) is -0.687. The minimum Gasteiger partial charge on any atom is -0.434 e. The van der Waals surface area contributed by atoms with Crippen LogP contribution in [0.2, 0.25) is 0 Å². The molecule has 6 nitrogen and oxygen atoms in total. The number of nitrogens with zero attached hydrogens (tertiary/aromatic N) is 1. The number of fused-ring (bicyclic) bond motifs is 1. The van der Waals surface area contributed by atoms with Crippen molar-refractivity contribution in [3.63, 3.8) is 0 Å². The van der Waals surface area contributed by atoms with Crippen LogP contribution in [0.15, 0.2) is 47.5 Å². The molecule has 1 aliphatic rings. The van der Waals surface area contributed by atoms with Crippen LogP contribution in [0, 0.1) is 5.82 Å². The second kappa shape index (κ2) is 9.31. The van der Waals surface area contributed by atoms with Gasteiger partial charge in [0.2, 0.25) is 5.91 Å². The number of alkyl halides is 2. The van der Waals surface area contributed by atoms with E-state index in [9.17, 15) is 18.0 Å². The number of aliphatic imine (C=N–C) groups is 1. The van der Waals surface area contributed by atoms with Crippen LogP contribution in [0.5, 0.6) is 5.75 Å². The number of benzene rings is 2. The van der Waals surface area contributed by atoms with Crippen molar-refractivity contribution in [3.8, 4) is 5.75 Å². The number of halogens is 3. The van der Waals surface area contributed by atoms with Crippen molar-refractivity contribution in [1.29, 1.82) is 0 Å². The monoisotopic (exact) mass is 406 g/mol. The lowest BCUT2D eigenvalue weighted by atomic mass is 9.90. The quantitative estimate of drug-likeness (QED) is 0.509. The average Bonchev–Trinajstić information content (AvgIpc) is 2.69. The number of hydrogen-bond donors (Lipinski definition) is 3. The molecule has 29 heavy (non-hydrogen) atoms. The summed E-state index contributed by atoms with van der Waals surface area (Å²) in [6.07, 6.45) is 0.320. The molecule has 3 N–H and O–H groups in total. The third-order valence-electron chi connectivity index (χ3n) is 4.57. The van der Waals surface area contributed by atoms with E-state index in [-0.39, 0.29) is 29.7 Å². The fourth-order valence-electron chi connectivity index (χ4n) is 3.21. The zero-order chi connectivity index (χ0) is 20.8. The fourth-order valence-corrected chi connectivity index (χ4v) is 3.21. The van der Waals surface area contributed by atoms with Crippen molar-refractivity contribution in [3.05, 3.63) is 59.4 Å². The first-order chi connectivity index (χ1) is 14.0. The molecule has 0 saturated heterocycles. The molecule has 1 atom stereocenters. The highest BCUT2D eigenvalue weighted by Gasteiger charge is 2.24. The Morgan fingerprint density at radius 3 is 2.79 bits per heavy atom. The Kier molecular flexibility index (Phi) is 6.58. The number of anilines is 1. The van der Waals surface area contributed by atoms with Gasteiger partial charge in [-0.25, -0.2) is 4.39 Å². The van der Waals surface area contributed by atoms with Crippen molar-refractivity contribution in [2.45, 2.75) is 25.5 Å². The van der Waals surface area contributed by atoms with Gasteiger partial charge in [-0.2, -0.15) is 8.78 Å². The van der Waals surface area contributed by atoms with E-state index in [0.29, 0.717) is 18.9 Å². The van der Waals surface area contributed by atoms with Crippen molar-refractivity contribution in [1.82, 2.24) is 10.6 Å². The summed E-state index contributed by atoms with van der Waals surface area (Å²) in [7, 11) is 1.54. The molecule has 0 aromatic heterocycles. The lowest BCUT2D eigenvalue weighted by molar-refractivity contribution is -0.116. The van der Waals surface area contributed by atoms with Crippen molar-refractivity contribution < 1.29 is 22.7 Å². The van der Waals surface area contributed by atoms with E-state index in [0.717, 1.165) is 11.3 Å². The molecular weight excluding hydrogens is 385 g/mol. The predicted molar refractivity (Wildman–Crippen MR) is 104 cm³/mol. The van der Waals surface area contributed by atoms with Crippen LogP contribution in [0.25, 0.3) is 0 Å². The minimum absolute atomic E-state index is 0.0295. The number of nitrogens with one attached hydrogen (secondary N) is 3. The smallest absolute Gasteiger partial charge is 0.387 e.